The van der Waals surface area contributed by atoms with Crippen LogP contribution in [-0.4, -0.2) is 13.6 Å². The fourth-order valence-electron chi connectivity index (χ4n) is 6.97. The van der Waals surface area contributed by atoms with Crippen molar-refractivity contribution in [2.75, 3.05) is 0 Å². The molecule has 0 spiro atoms. The molecule has 1 heteroatoms. The zero-order chi connectivity index (χ0) is 19.1. The van der Waals surface area contributed by atoms with Gasteiger partial charge in [-0.3, -0.25) is 0 Å². The maximum atomic E-state index is 2.64. The van der Waals surface area contributed by atoms with E-state index in [0.717, 1.165) is 23.7 Å². The Hall–Kier alpha value is -0.953. The zero-order valence-corrected chi connectivity index (χ0v) is 19.1. The van der Waals surface area contributed by atoms with Crippen LogP contribution < -0.4 is 0 Å². The van der Waals surface area contributed by atoms with Crippen LogP contribution in [0.5, 0.6) is 0 Å². The Morgan fingerprint density at radius 3 is 2.52 bits per heavy atom. The summed E-state index contributed by atoms with van der Waals surface area (Å²) in [7, 11) is -0.307. The third-order valence-corrected chi connectivity index (χ3v) is 9.83. The fourth-order valence-corrected chi connectivity index (χ4v) is 9.03. The largest absolute Gasteiger partial charge is 0.0831 e. The lowest BCUT2D eigenvalue weighted by atomic mass is 9.50. The Balaban J connectivity index is 1.67. The first-order chi connectivity index (χ1) is 12.7. The maximum Gasteiger partial charge on any atom is 0.00299 e. The smallest absolute Gasteiger partial charge is 0.00299 e. The van der Waals surface area contributed by atoms with Gasteiger partial charge in [-0.05, 0) is 96.3 Å². The van der Waals surface area contributed by atoms with Gasteiger partial charge < -0.3 is 0 Å². The summed E-state index contributed by atoms with van der Waals surface area (Å²) in [5.74, 6) is 5.50. The molecule has 4 unspecified atom stereocenters. The molecule has 0 amide bonds. The number of hydrogen-bond acceptors (Lipinski definition) is 0. The van der Waals surface area contributed by atoms with Crippen LogP contribution in [0.1, 0.15) is 81.5 Å². The fraction of sp³-hybridized carbons (Fsp3) is 0.615. The van der Waals surface area contributed by atoms with Gasteiger partial charge in [0, 0.05) is 8.41 Å². The van der Waals surface area contributed by atoms with Gasteiger partial charge in [0.15, 0.2) is 0 Å². The van der Waals surface area contributed by atoms with Crippen LogP contribution in [0.3, 0.4) is 0 Å². The summed E-state index contributed by atoms with van der Waals surface area (Å²) < 4.78 is 0. The van der Waals surface area contributed by atoms with Crippen LogP contribution in [0.2, 0.25) is 13.1 Å². The van der Waals surface area contributed by atoms with Gasteiger partial charge in [0.25, 0.3) is 0 Å². The van der Waals surface area contributed by atoms with Crippen molar-refractivity contribution < 1.29 is 0 Å². The molecule has 0 aromatic heterocycles. The van der Waals surface area contributed by atoms with Crippen molar-refractivity contribution >= 4 is 19.7 Å². The first kappa shape index (κ1) is 18.1. The van der Waals surface area contributed by atoms with Gasteiger partial charge in [-0.25, -0.2) is 0 Å². The summed E-state index contributed by atoms with van der Waals surface area (Å²) in [4.78, 5) is 0. The Morgan fingerprint density at radius 2 is 1.81 bits per heavy atom. The molecule has 0 nitrogen and oxygen atoms in total. The molecule has 1 aromatic carbocycles. The van der Waals surface area contributed by atoms with Crippen molar-refractivity contribution in [1.29, 1.82) is 0 Å². The van der Waals surface area contributed by atoms with Crippen molar-refractivity contribution in [2.45, 2.75) is 84.2 Å². The minimum absolute atomic E-state index is 0.224. The lowest BCUT2D eigenvalue weighted by molar-refractivity contribution is 0.180. The van der Waals surface area contributed by atoms with Gasteiger partial charge in [0.1, 0.15) is 0 Å². The van der Waals surface area contributed by atoms with Crippen LogP contribution in [0.15, 0.2) is 17.7 Å². The minimum Gasteiger partial charge on any atom is -0.0831 e. The van der Waals surface area contributed by atoms with Crippen LogP contribution in [0.25, 0.3) is 6.08 Å². The molecule has 1 radical (unpaired) electrons. The number of hydrogen-bond donors (Lipinski definition) is 0. The van der Waals surface area contributed by atoms with Crippen molar-refractivity contribution in [3.63, 3.8) is 0 Å². The molecule has 5 aliphatic carbocycles. The van der Waals surface area contributed by atoms with E-state index >= 15 is 0 Å². The van der Waals surface area contributed by atoms with Crippen molar-refractivity contribution in [3.05, 3.63) is 45.9 Å². The predicted molar refractivity (Wildman–Crippen MR) is 120 cm³/mol. The molecular weight excluding hydrogens is 340 g/mol. The lowest BCUT2D eigenvalue weighted by Gasteiger charge is -2.57. The van der Waals surface area contributed by atoms with Crippen molar-refractivity contribution in [2.24, 2.45) is 17.8 Å². The van der Waals surface area contributed by atoms with E-state index in [4.69, 9.17) is 0 Å². The monoisotopic (exact) mass is 375 g/mol. The molecule has 5 aliphatic rings. The third kappa shape index (κ3) is 2.79. The van der Waals surface area contributed by atoms with E-state index in [2.05, 4.69) is 59.0 Å². The normalized spacial score (nSPS) is 32.1. The van der Waals surface area contributed by atoms with E-state index in [0.29, 0.717) is 0 Å². The third-order valence-electron chi connectivity index (χ3n) is 7.90. The highest BCUT2D eigenvalue weighted by Gasteiger charge is 2.52. The van der Waals surface area contributed by atoms with Gasteiger partial charge in [-0.15, -0.1) is 0 Å². The standard InChI is InChI=1S/C26H35Si/c1-15-7-17-13-20(26(2,3)4)14-22(21(17)8-15)24-18-9-16-10-19(12-18)25(27(5)6)23(24)11-16/h7,13-14,16,19,23-24H,8-12H2,1-6H3. The van der Waals surface area contributed by atoms with E-state index in [1.165, 1.54) is 43.2 Å². The van der Waals surface area contributed by atoms with E-state index < -0.39 is 0 Å². The predicted octanol–water partition coefficient (Wildman–Crippen LogP) is 6.56. The summed E-state index contributed by atoms with van der Waals surface area (Å²) in [5.41, 5.74) is 8.24. The average molecular weight is 376 g/mol. The molecular formula is C26H35Si. The second-order valence-corrected chi connectivity index (χ2v) is 13.8. The van der Waals surface area contributed by atoms with Crippen LogP contribution >= 0.6 is 0 Å². The Kier molecular flexibility index (Phi) is 4.04. The molecule has 0 saturated heterocycles. The number of allylic oxidation sites excluding steroid dienone is 1. The second kappa shape index (κ2) is 6.02. The summed E-state index contributed by atoms with van der Waals surface area (Å²) in [6.07, 6.45) is 9.50. The molecule has 4 bridgehead atoms. The SMILES string of the molecule is CC1=Cc2cc(C(C)(C)C)cc(C3[C]4CC5CC(C4)C(=[Si](C)C)C3C5)c2C1. The van der Waals surface area contributed by atoms with Gasteiger partial charge in [-0.2, -0.15) is 0 Å². The quantitative estimate of drug-likeness (QED) is 0.488. The number of fused-ring (bicyclic) bond motifs is 1. The molecule has 0 N–H and O–H groups in total. The van der Waals surface area contributed by atoms with Crippen LogP contribution in [-0.2, 0) is 11.8 Å². The summed E-state index contributed by atoms with van der Waals surface area (Å²) in [6.45, 7) is 14.6. The minimum atomic E-state index is -0.307. The molecule has 143 valence electrons. The van der Waals surface area contributed by atoms with E-state index in [-0.39, 0.29) is 13.8 Å². The highest BCUT2D eigenvalue weighted by molar-refractivity contribution is 6.69. The Bertz CT molecular complexity index is 859. The topological polar surface area (TPSA) is 0 Å². The van der Waals surface area contributed by atoms with Crippen molar-refractivity contribution in [3.8, 4) is 0 Å². The van der Waals surface area contributed by atoms with Gasteiger partial charge in [-0.1, -0.05) is 62.8 Å². The highest BCUT2D eigenvalue weighted by Crippen LogP contribution is 2.60. The molecule has 0 aliphatic heterocycles. The van der Waals surface area contributed by atoms with Gasteiger partial charge in [0.05, 0.1) is 0 Å². The summed E-state index contributed by atoms with van der Waals surface area (Å²) >= 11 is 0. The maximum absolute atomic E-state index is 2.64. The van der Waals surface area contributed by atoms with Gasteiger partial charge >= 0.3 is 0 Å². The average Bonchev–Trinajstić information content (AvgIpc) is 2.93. The molecule has 6 rings (SSSR count). The Labute approximate surface area is 167 Å². The summed E-state index contributed by atoms with van der Waals surface area (Å²) in [5, 5.41) is 2.03. The van der Waals surface area contributed by atoms with E-state index in [9.17, 15) is 0 Å². The highest BCUT2D eigenvalue weighted by atomic mass is 28.2. The molecule has 4 fully saturated rings. The number of rotatable bonds is 1. The number of benzene rings is 1. The second-order valence-electron chi connectivity index (χ2n) is 11.2. The molecule has 4 atom stereocenters. The van der Waals surface area contributed by atoms with E-state index in [1.807, 2.05) is 11.1 Å². The zero-order valence-electron chi connectivity index (χ0n) is 18.1. The molecule has 0 heterocycles. The van der Waals surface area contributed by atoms with Gasteiger partial charge in [0.2, 0.25) is 0 Å². The van der Waals surface area contributed by atoms with Crippen LogP contribution in [0, 0.1) is 23.7 Å². The van der Waals surface area contributed by atoms with E-state index in [1.54, 1.807) is 16.7 Å². The molecule has 27 heavy (non-hydrogen) atoms. The van der Waals surface area contributed by atoms with Crippen LogP contribution in [0.4, 0.5) is 0 Å². The first-order valence-corrected chi connectivity index (χ1v) is 13.6. The molecule has 4 saturated carbocycles. The molecule has 1 aromatic rings. The first-order valence-electron chi connectivity index (χ1n) is 11.1. The van der Waals surface area contributed by atoms with Crippen molar-refractivity contribution in [1.82, 2.24) is 0 Å². The lowest BCUT2D eigenvalue weighted by Crippen LogP contribution is -2.51. The Morgan fingerprint density at radius 1 is 1.04 bits per heavy atom. The summed E-state index contributed by atoms with van der Waals surface area (Å²) in [6, 6.07) is 5.14.